The SMILES string of the molecule is CC(C)CN1CC(=O)SC1O. The lowest BCUT2D eigenvalue weighted by Gasteiger charge is -2.19. The van der Waals surface area contributed by atoms with Gasteiger partial charge in [0.05, 0.1) is 6.54 Å². The highest BCUT2D eigenvalue weighted by Gasteiger charge is 2.29. The van der Waals surface area contributed by atoms with Crippen LogP contribution in [0.4, 0.5) is 0 Å². The van der Waals surface area contributed by atoms with E-state index in [1.54, 1.807) is 4.90 Å². The first-order valence-electron chi connectivity index (χ1n) is 3.71. The van der Waals surface area contributed by atoms with Gasteiger partial charge in [0.25, 0.3) is 0 Å². The van der Waals surface area contributed by atoms with Crippen molar-refractivity contribution < 1.29 is 9.90 Å². The van der Waals surface area contributed by atoms with Crippen molar-refractivity contribution >= 4 is 16.9 Å². The summed E-state index contributed by atoms with van der Waals surface area (Å²) in [5.74, 6) is 0.496. The Bertz CT molecular complexity index is 161. The summed E-state index contributed by atoms with van der Waals surface area (Å²) in [7, 11) is 0. The zero-order valence-corrected chi connectivity index (χ0v) is 7.60. The van der Waals surface area contributed by atoms with Gasteiger partial charge in [0.1, 0.15) is 0 Å². The summed E-state index contributed by atoms with van der Waals surface area (Å²) in [6, 6.07) is 0. The van der Waals surface area contributed by atoms with Crippen LogP contribution in [-0.4, -0.2) is 33.8 Å². The Labute approximate surface area is 70.8 Å². The molecule has 1 heterocycles. The molecule has 0 radical (unpaired) electrons. The molecular formula is C7H13NO2S. The largest absolute Gasteiger partial charge is 0.368 e. The molecule has 1 N–H and O–H groups in total. The van der Waals surface area contributed by atoms with Crippen molar-refractivity contribution in [1.29, 1.82) is 0 Å². The minimum absolute atomic E-state index is 0.0677. The van der Waals surface area contributed by atoms with Crippen LogP contribution in [0, 0.1) is 5.92 Å². The molecule has 1 saturated heterocycles. The molecule has 0 amide bonds. The van der Waals surface area contributed by atoms with E-state index in [0.717, 1.165) is 18.3 Å². The molecule has 0 saturated carbocycles. The van der Waals surface area contributed by atoms with E-state index in [1.807, 2.05) is 0 Å². The number of thioether (sulfide) groups is 1. The first kappa shape index (κ1) is 9.03. The molecule has 1 aliphatic rings. The Balaban J connectivity index is 2.40. The van der Waals surface area contributed by atoms with Crippen LogP contribution >= 0.6 is 11.8 Å². The fourth-order valence-electron chi connectivity index (χ4n) is 1.10. The van der Waals surface area contributed by atoms with E-state index in [-0.39, 0.29) is 5.12 Å². The second-order valence-corrected chi connectivity index (χ2v) is 4.25. The fraction of sp³-hybridized carbons (Fsp3) is 0.857. The van der Waals surface area contributed by atoms with Crippen LogP contribution in [0.2, 0.25) is 0 Å². The first-order chi connectivity index (χ1) is 5.09. The molecular weight excluding hydrogens is 162 g/mol. The summed E-state index contributed by atoms with van der Waals surface area (Å²) in [5.41, 5.74) is -0.607. The normalized spacial score (nSPS) is 26.9. The van der Waals surface area contributed by atoms with Crippen molar-refractivity contribution in [1.82, 2.24) is 4.90 Å². The molecule has 1 unspecified atom stereocenters. The van der Waals surface area contributed by atoms with E-state index < -0.39 is 5.56 Å². The third kappa shape index (κ3) is 2.47. The van der Waals surface area contributed by atoms with Crippen LogP contribution < -0.4 is 0 Å². The van der Waals surface area contributed by atoms with Gasteiger partial charge in [0, 0.05) is 6.54 Å². The lowest BCUT2D eigenvalue weighted by molar-refractivity contribution is -0.111. The predicted octanol–water partition coefficient (Wildman–Crippen LogP) is 0.494. The van der Waals surface area contributed by atoms with E-state index in [4.69, 9.17) is 0 Å². The van der Waals surface area contributed by atoms with Gasteiger partial charge in [-0.05, 0) is 17.7 Å². The maximum Gasteiger partial charge on any atom is 0.206 e. The van der Waals surface area contributed by atoms with Gasteiger partial charge < -0.3 is 5.11 Å². The average molecular weight is 175 g/mol. The van der Waals surface area contributed by atoms with Crippen LogP contribution in [0.3, 0.4) is 0 Å². The minimum Gasteiger partial charge on any atom is -0.368 e. The number of aliphatic hydroxyl groups is 1. The lowest BCUT2D eigenvalue weighted by atomic mass is 10.2. The maximum absolute atomic E-state index is 10.8. The summed E-state index contributed by atoms with van der Waals surface area (Å²) in [5, 5.41) is 9.34. The van der Waals surface area contributed by atoms with Gasteiger partial charge in [-0.1, -0.05) is 13.8 Å². The summed E-state index contributed by atoms with van der Waals surface area (Å²) in [4.78, 5) is 12.6. The summed E-state index contributed by atoms with van der Waals surface area (Å²) in [6.07, 6.45) is 0. The van der Waals surface area contributed by atoms with Gasteiger partial charge in [-0.25, -0.2) is 0 Å². The molecule has 0 aliphatic carbocycles. The number of hydrogen-bond acceptors (Lipinski definition) is 4. The Morgan fingerprint density at radius 1 is 1.82 bits per heavy atom. The third-order valence-electron chi connectivity index (χ3n) is 1.48. The average Bonchev–Trinajstić information content (AvgIpc) is 2.09. The Kier molecular flexibility index (Phi) is 2.92. The third-order valence-corrected chi connectivity index (χ3v) is 2.38. The smallest absolute Gasteiger partial charge is 0.206 e. The van der Waals surface area contributed by atoms with E-state index in [0.29, 0.717) is 12.5 Å². The van der Waals surface area contributed by atoms with E-state index in [9.17, 15) is 9.90 Å². The molecule has 64 valence electrons. The first-order valence-corrected chi connectivity index (χ1v) is 4.59. The van der Waals surface area contributed by atoms with Gasteiger partial charge >= 0.3 is 0 Å². The minimum atomic E-state index is -0.607. The van der Waals surface area contributed by atoms with Crippen LogP contribution in [0.15, 0.2) is 0 Å². The second-order valence-electron chi connectivity index (χ2n) is 3.14. The van der Waals surface area contributed by atoms with Gasteiger partial charge in [-0.3, -0.25) is 9.69 Å². The van der Waals surface area contributed by atoms with Crippen LogP contribution in [0.5, 0.6) is 0 Å². The topological polar surface area (TPSA) is 40.5 Å². The van der Waals surface area contributed by atoms with Crippen molar-refractivity contribution in [2.45, 2.75) is 19.4 Å². The molecule has 3 nitrogen and oxygen atoms in total. The highest BCUT2D eigenvalue weighted by molar-refractivity contribution is 8.14. The molecule has 0 aromatic rings. The predicted molar refractivity (Wildman–Crippen MR) is 45.0 cm³/mol. The molecule has 1 atom stereocenters. The van der Waals surface area contributed by atoms with Gasteiger partial charge in [0.15, 0.2) is 5.56 Å². The fourth-order valence-corrected chi connectivity index (χ4v) is 1.88. The lowest BCUT2D eigenvalue weighted by Crippen LogP contribution is -2.31. The van der Waals surface area contributed by atoms with Gasteiger partial charge in [-0.15, -0.1) is 0 Å². The number of carbonyl (C=O) groups is 1. The maximum atomic E-state index is 10.8. The van der Waals surface area contributed by atoms with Gasteiger partial charge in [0.2, 0.25) is 5.12 Å². The number of hydrogen-bond donors (Lipinski definition) is 1. The van der Waals surface area contributed by atoms with E-state index in [1.165, 1.54) is 0 Å². The highest BCUT2D eigenvalue weighted by atomic mass is 32.2. The summed E-state index contributed by atoms with van der Waals surface area (Å²) < 4.78 is 0. The molecule has 11 heavy (non-hydrogen) atoms. The van der Waals surface area contributed by atoms with E-state index in [2.05, 4.69) is 13.8 Å². The number of carbonyl (C=O) groups excluding carboxylic acids is 1. The molecule has 0 spiro atoms. The number of aliphatic hydroxyl groups excluding tert-OH is 1. The van der Waals surface area contributed by atoms with Crippen molar-refractivity contribution in [2.24, 2.45) is 5.92 Å². The summed E-state index contributed by atoms with van der Waals surface area (Å²) >= 11 is 1.01. The molecule has 1 rings (SSSR count). The highest BCUT2D eigenvalue weighted by Crippen LogP contribution is 2.23. The quantitative estimate of drug-likeness (QED) is 0.663. The monoisotopic (exact) mass is 175 g/mol. The van der Waals surface area contributed by atoms with Crippen molar-refractivity contribution in [3.63, 3.8) is 0 Å². The zero-order chi connectivity index (χ0) is 8.43. The van der Waals surface area contributed by atoms with Crippen LogP contribution in [0.25, 0.3) is 0 Å². The molecule has 0 aromatic carbocycles. The van der Waals surface area contributed by atoms with Crippen molar-refractivity contribution in [2.75, 3.05) is 13.1 Å². The molecule has 0 aromatic heterocycles. The standard InChI is InChI=1S/C7H13NO2S/c1-5(2)3-8-4-6(9)11-7(8)10/h5,7,10H,3-4H2,1-2H3. The van der Waals surface area contributed by atoms with Crippen molar-refractivity contribution in [3.8, 4) is 0 Å². The molecule has 1 fully saturated rings. The van der Waals surface area contributed by atoms with Crippen LogP contribution in [0.1, 0.15) is 13.8 Å². The van der Waals surface area contributed by atoms with Crippen molar-refractivity contribution in [3.05, 3.63) is 0 Å². The van der Waals surface area contributed by atoms with E-state index >= 15 is 0 Å². The second kappa shape index (κ2) is 3.56. The Hall–Kier alpha value is -0.0600. The zero-order valence-electron chi connectivity index (χ0n) is 6.78. The summed E-state index contributed by atoms with van der Waals surface area (Å²) in [6.45, 7) is 5.32. The Morgan fingerprint density at radius 3 is 2.82 bits per heavy atom. The Morgan fingerprint density at radius 2 is 2.45 bits per heavy atom. The molecule has 0 bridgehead atoms. The molecule has 1 aliphatic heterocycles. The van der Waals surface area contributed by atoms with Gasteiger partial charge in [-0.2, -0.15) is 0 Å². The number of nitrogens with zero attached hydrogens (tertiary/aromatic N) is 1. The molecule has 4 heteroatoms. The van der Waals surface area contributed by atoms with Crippen LogP contribution in [-0.2, 0) is 4.79 Å². The number of rotatable bonds is 2.